The molecule has 2 heterocycles. The van der Waals surface area contributed by atoms with Gasteiger partial charge in [0.2, 0.25) is 0 Å². The minimum absolute atomic E-state index is 0.184. The molecule has 0 spiro atoms. The minimum atomic E-state index is -0.195. The number of carbonyl (C=O) groups is 2. The van der Waals surface area contributed by atoms with Crippen molar-refractivity contribution in [2.45, 2.75) is 39.5 Å². The van der Waals surface area contributed by atoms with E-state index in [0.717, 1.165) is 42.7 Å². The van der Waals surface area contributed by atoms with Crippen LogP contribution in [0.2, 0.25) is 0 Å². The lowest BCUT2D eigenvalue weighted by molar-refractivity contribution is -0.136. The summed E-state index contributed by atoms with van der Waals surface area (Å²) in [5, 5.41) is 0. The van der Waals surface area contributed by atoms with E-state index in [1.807, 2.05) is 54.3 Å². The van der Waals surface area contributed by atoms with Gasteiger partial charge in [-0.25, -0.2) is 0 Å². The standard InChI is InChI=1S/C25H28N2O3/c1-3-5-8-16-27-24(28)22(19-11-13-20(14-12-19)30-4-2)23(25(27)29)26-17-15-18-9-6-7-10-21(18)26/h6-7,9-14H,3-5,8,15-17H2,1-2H3. The van der Waals surface area contributed by atoms with E-state index in [9.17, 15) is 9.59 Å². The number of nitrogens with zero attached hydrogens (tertiary/aromatic N) is 2. The molecule has 5 nitrogen and oxygen atoms in total. The largest absolute Gasteiger partial charge is 0.494 e. The van der Waals surface area contributed by atoms with Gasteiger partial charge in [0.1, 0.15) is 11.4 Å². The van der Waals surface area contributed by atoms with E-state index in [0.29, 0.717) is 31.0 Å². The van der Waals surface area contributed by atoms with Gasteiger partial charge < -0.3 is 9.64 Å². The Kier molecular flexibility index (Phi) is 5.88. The van der Waals surface area contributed by atoms with E-state index in [1.165, 1.54) is 10.5 Å². The fourth-order valence-electron chi connectivity index (χ4n) is 4.25. The SMILES string of the molecule is CCCCCN1C(=O)C(c2ccc(OCC)cc2)=C(N2CCc3ccccc32)C1=O. The second-order valence-corrected chi connectivity index (χ2v) is 7.68. The zero-order valence-electron chi connectivity index (χ0n) is 17.7. The van der Waals surface area contributed by atoms with E-state index in [-0.39, 0.29) is 11.8 Å². The average molecular weight is 405 g/mol. The van der Waals surface area contributed by atoms with Crippen LogP contribution in [0.25, 0.3) is 5.57 Å². The molecule has 0 aliphatic carbocycles. The predicted molar refractivity (Wildman–Crippen MR) is 118 cm³/mol. The summed E-state index contributed by atoms with van der Waals surface area (Å²) in [5.41, 5.74) is 3.99. The van der Waals surface area contributed by atoms with Crippen LogP contribution in [0.3, 0.4) is 0 Å². The van der Waals surface area contributed by atoms with Crippen molar-refractivity contribution < 1.29 is 14.3 Å². The molecule has 0 N–H and O–H groups in total. The smallest absolute Gasteiger partial charge is 0.278 e. The summed E-state index contributed by atoms with van der Waals surface area (Å²) in [5.74, 6) is 0.378. The molecule has 4 rings (SSSR count). The lowest BCUT2D eigenvalue weighted by Crippen LogP contribution is -2.35. The fraction of sp³-hybridized carbons (Fsp3) is 0.360. The van der Waals surface area contributed by atoms with Crippen molar-refractivity contribution in [3.63, 3.8) is 0 Å². The molecule has 0 saturated heterocycles. The van der Waals surface area contributed by atoms with Gasteiger partial charge >= 0.3 is 0 Å². The highest BCUT2D eigenvalue weighted by Gasteiger charge is 2.42. The number of fused-ring (bicyclic) bond motifs is 1. The number of hydrogen-bond donors (Lipinski definition) is 0. The summed E-state index contributed by atoms with van der Waals surface area (Å²) in [6, 6.07) is 15.6. The Bertz CT molecular complexity index is 978. The zero-order chi connectivity index (χ0) is 21.1. The highest BCUT2D eigenvalue weighted by atomic mass is 16.5. The second kappa shape index (κ2) is 8.74. The molecule has 2 aliphatic rings. The zero-order valence-corrected chi connectivity index (χ0v) is 17.7. The number of para-hydroxylation sites is 1. The Morgan fingerprint density at radius 3 is 2.43 bits per heavy atom. The third kappa shape index (κ3) is 3.60. The summed E-state index contributed by atoms with van der Waals surface area (Å²) < 4.78 is 5.54. The number of benzene rings is 2. The van der Waals surface area contributed by atoms with Crippen molar-refractivity contribution in [3.05, 3.63) is 65.4 Å². The van der Waals surface area contributed by atoms with Gasteiger partial charge in [-0.15, -0.1) is 0 Å². The van der Waals surface area contributed by atoms with Gasteiger partial charge in [0.15, 0.2) is 0 Å². The normalized spacial score (nSPS) is 15.9. The molecule has 156 valence electrons. The van der Waals surface area contributed by atoms with Crippen LogP contribution in [-0.4, -0.2) is 36.4 Å². The molecule has 30 heavy (non-hydrogen) atoms. The van der Waals surface area contributed by atoms with Gasteiger partial charge in [-0.2, -0.15) is 0 Å². The quantitative estimate of drug-likeness (QED) is 0.483. The molecule has 5 heteroatoms. The molecule has 2 aromatic carbocycles. The number of hydrogen-bond acceptors (Lipinski definition) is 4. The van der Waals surface area contributed by atoms with Crippen molar-refractivity contribution in [2.75, 3.05) is 24.6 Å². The van der Waals surface area contributed by atoms with Crippen LogP contribution in [0.5, 0.6) is 5.75 Å². The molecule has 0 atom stereocenters. The Labute approximate surface area is 177 Å². The molecule has 2 aliphatic heterocycles. The fourth-order valence-corrected chi connectivity index (χ4v) is 4.25. The molecular weight excluding hydrogens is 376 g/mol. The summed E-state index contributed by atoms with van der Waals surface area (Å²) in [7, 11) is 0. The monoisotopic (exact) mass is 404 g/mol. The molecule has 2 aromatic rings. The van der Waals surface area contributed by atoms with Crippen molar-refractivity contribution in [2.24, 2.45) is 0 Å². The third-order valence-corrected chi connectivity index (χ3v) is 5.74. The number of anilines is 1. The number of carbonyl (C=O) groups excluding carboxylic acids is 2. The maximum absolute atomic E-state index is 13.4. The molecule has 0 bridgehead atoms. The molecular formula is C25H28N2O3. The maximum atomic E-state index is 13.4. The highest BCUT2D eigenvalue weighted by Crippen LogP contribution is 2.38. The Hall–Kier alpha value is -3.08. The van der Waals surface area contributed by atoms with Gasteiger partial charge in [0.25, 0.3) is 11.8 Å². The summed E-state index contributed by atoms with van der Waals surface area (Å²) in [6.07, 6.45) is 3.74. The molecule has 0 radical (unpaired) electrons. The first-order chi connectivity index (χ1) is 14.7. The topological polar surface area (TPSA) is 49.9 Å². The van der Waals surface area contributed by atoms with E-state index < -0.39 is 0 Å². The van der Waals surface area contributed by atoms with Crippen LogP contribution >= 0.6 is 0 Å². The van der Waals surface area contributed by atoms with Crippen LogP contribution in [0, 0.1) is 0 Å². The summed E-state index contributed by atoms with van der Waals surface area (Å²) >= 11 is 0. The minimum Gasteiger partial charge on any atom is -0.494 e. The van der Waals surface area contributed by atoms with Gasteiger partial charge in [-0.1, -0.05) is 50.1 Å². The predicted octanol–water partition coefficient (Wildman–Crippen LogP) is 4.42. The highest BCUT2D eigenvalue weighted by molar-refractivity contribution is 6.36. The van der Waals surface area contributed by atoms with Crippen LogP contribution in [0.4, 0.5) is 5.69 Å². The lowest BCUT2D eigenvalue weighted by atomic mass is 10.0. The summed E-state index contributed by atoms with van der Waals surface area (Å²) in [6.45, 7) is 5.80. The van der Waals surface area contributed by atoms with Gasteiger partial charge in [0.05, 0.1) is 12.2 Å². The Balaban J connectivity index is 1.76. The lowest BCUT2D eigenvalue weighted by Gasteiger charge is -2.21. The third-order valence-electron chi connectivity index (χ3n) is 5.74. The van der Waals surface area contributed by atoms with Crippen LogP contribution < -0.4 is 9.64 Å². The van der Waals surface area contributed by atoms with Crippen LogP contribution in [-0.2, 0) is 16.0 Å². The Morgan fingerprint density at radius 2 is 1.70 bits per heavy atom. The first-order valence-electron chi connectivity index (χ1n) is 10.8. The first-order valence-corrected chi connectivity index (χ1v) is 10.8. The molecule has 0 saturated carbocycles. The average Bonchev–Trinajstić information content (AvgIpc) is 3.28. The number of unbranched alkanes of at least 4 members (excludes halogenated alkanes) is 2. The van der Waals surface area contributed by atoms with Crippen LogP contribution in [0.1, 0.15) is 44.2 Å². The number of ether oxygens (including phenoxy) is 1. The molecule has 0 aromatic heterocycles. The maximum Gasteiger partial charge on any atom is 0.278 e. The van der Waals surface area contributed by atoms with E-state index >= 15 is 0 Å². The first kappa shape index (κ1) is 20.2. The Morgan fingerprint density at radius 1 is 0.933 bits per heavy atom. The number of amides is 2. The van der Waals surface area contributed by atoms with Gasteiger partial charge in [-0.05, 0) is 49.1 Å². The second-order valence-electron chi connectivity index (χ2n) is 7.68. The van der Waals surface area contributed by atoms with E-state index in [2.05, 4.69) is 13.0 Å². The molecule has 2 amide bonds. The van der Waals surface area contributed by atoms with Gasteiger partial charge in [0, 0.05) is 18.8 Å². The number of rotatable bonds is 8. The molecule has 0 unspecified atom stereocenters. The van der Waals surface area contributed by atoms with Crippen molar-refractivity contribution in [1.29, 1.82) is 0 Å². The number of imide groups is 1. The van der Waals surface area contributed by atoms with Crippen LogP contribution in [0.15, 0.2) is 54.2 Å². The van der Waals surface area contributed by atoms with Crippen molar-refractivity contribution in [1.82, 2.24) is 4.90 Å². The van der Waals surface area contributed by atoms with E-state index in [1.54, 1.807) is 0 Å². The van der Waals surface area contributed by atoms with Crippen molar-refractivity contribution >= 4 is 23.1 Å². The summed E-state index contributed by atoms with van der Waals surface area (Å²) in [4.78, 5) is 30.3. The van der Waals surface area contributed by atoms with Gasteiger partial charge in [-0.3, -0.25) is 14.5 Å². The van der Waals surface area contributed by atoms with Crippen molar-refractivity contribution in [3.8, 4) is 5.75 Å². The van der Waals surface area contributed by atoms with E-state index in [4.69, 9.17) is 4.74 Å². The molecule has 0 fully saturated rings.